The van der Waals surface area contributed by atoms with Crippen LogP contribution >= 0.6 is 35.3 Å². The zero-order valence-corrected chi connectivity index (χ0v) is 41.2. The van der Waals surface area contributed by atoms with Crippen LogP contribution in [0.15, 0.2) is 144 Å². The summed E-state index contributed by atoms with van der Waals surface area (Å²) in [5.74, 6) is 0.734. The highest BCUT2D eigenvalue weighted by atomic mass is 32.2. The van der Waals surface area contributed by atoms with Crippen LogP contribution in [0.4, 0.5) is 11.4 Å². The summed E-state index contributed by atoms with van der Waals surface area (Å²) >= 11 is 4.30. The van der Waals surface area contributed by atoms with E-state index in [1.165, 1.54) is 96.4 Å². The lowest BCUT2D eigenvalue weighted by atomic mass is 9.81. The SMILES string of the molecule is C=CC(=C)C.CC.CCCCN1/C(=C/C=C2\CCC(/C=C/C3=[N+](CCCC)c4ccccc4C3(C)C)=C2SC(=N)SC(=N)SCc2ccc(C)cc2)C(C)(C)c2ccccc21. The number of thioether (sulfide) groups is 3. The molecule has 0 atom stereocenters. The zero-order valence-electron chi connectivity index (χ0n) is 38.7. The molecule has 0 radical (unpaired) electrons. The van der Waals surface area contributed by atoms with Crippen molar-refractivity contribution in [3.8, 4) is 0 Å². The van der Waals surface area contributed by atoms with Gasteiger partial charge in [-0.15, -0.1) is 0 Å². The van der Waals surface area contributed by atoms with Crippen molar-refractivity contribution in [3.63, 3.8) is 0 Å². The minimum atomic E-state index is -0.103. The maximum Gasteiger partial charge on any atom is 0.209 e. The van der Waals surface area contributed by atoms with Gasteiger partial charge in [-0.25, -0.2) is 0 Å². The third-order valence-corrected chi connectivity index (χ3v) is 14.5. The molecule has 0 saturated heterocycles. The normalized spacial score (nSPS) is 17.2. The predicted octanol–water partition coefficient (Wildman–Crippen LogP) is 16.2. The second kappa shape index (κ2) is 23.4. The van der Waals surface area contributed by atoms with E-state index in [1.54, 1.807) is 6.08 Å². The molecule has 1 aliphatic carbocycles. The van der Waals surface area contributed by atoms with Gasteiger partial charge in [-0.05, 0) is 93.1 Å². The zero-order chi connectivity index (χ0) is 44.7. The molecule has 3 aromatic rings. The molecule has 0 unspecified atom stereocenters. The summed E-state index contributed by atoms with van der Waals surface area (Å²) < 4.78 is 3.44. The molecule has 4 nitrogen and oxygen atoms in total. The molecule has 6 rings (SSSR count). The molecule has 0 fully saturated rings. The third kappa shape index (κ3) is 12.5. The van der Waals surface area contributed by atoms with E-state index in [-0.39, 0.29) is 10.8 Å². The topological polar surface area (TPSA) is 54.0 Å². The van der Waals surface area contributed by atoms with E-state index >= 15 is 0 Å². The molecule has 2 N–H and O–H groups in total. The summed E-state index contributed by atoms with van der Waals surface area (Å²) in [6.07, 6.45) is 17.6. The highest BCUT2D eigenvalue weighted by Gasteiger charge is 2.44. The maximum absolute atomic E-state index is 9.14. The van der Waals surface area contributed by atoms with Crippen LogP contribution in [0.5, 0.6) is 0 Å². The van der Waals surface area contributed by atoms with Gasteiger partial charge in [0.05, 0.1) is 5.41 Å². The molecule has 3 aromatic carbocycles. The van der Waals surface area contributed by atoms with E-state index in [1.807, 2.05) is 20.8 Å². The molecule has 0 saturated carbocycles. The van der Waals surface area contributed by atoms with Gasteiger partial charge in [0, 0.05) is 58.1 Å². The standard InChI is InChI=1S/C47H57N4S3.C5H8.C2H6/c1-8-10-30-50-39-18-14-12-16-37(39)46(4,5)41(50)28-26-35-24-25-36(43(35)53-45(49)54-44(48)52-32-34-22-20-33(3)21-23-34)27-29-42-47(6,7)38-17-13-15-19-40(38)51(42)31-11-9-2;1-4-5(2)3;1-2/h12-23,26-29,48-49H,8-11,24-25,30-32H2,1-7H3;4H,1-2H2,3H3;1-2H3/q+1;;. The number of aryl methyl sites for hydroxylation is 1. The Bertz CT molecular complexity index is 2200. The number of allylic oxidation sites excluding steroid dienone is 9. The Morgan fingerprint density at radius 3 is 2.11 bits per heavy atom. The molecular weight excluding hydrogens is 801 g/mol. The average molecular weight is 872 g/mol. The van der Waals surface area contributed by atoms with Crippen LogP contribution in [0, 0.1) is 17.7 Å². The lowest BCUT2D eigenvalue weighted by molar-refractivity contribution is -0.438. The van der Waals surface area contributed by atoms with Gasteiger partial charge in [0.1, 0.15) is 15.3 Å². The van der Waals surface area contributed by atoms with Gasteiger partial charge < -0.3 is 4.90 Å². The summed E-state index contributed by atoms with van der Waals surface area (Å²) in [7, 11) is 0. The van der Waals surface area contributed by atoms with Crippen LogP contribution in [0.1, 0.15) is 123 Å². The lowest BCUT2D eigenvalue weighted by Crippen LogP contribution is -2.28. The molecule has 2 heterocycles. The molecule has 0 amide bonds. The van der Waals surface area contributed by atoms with Crippen LogP contribution in [-0.4, -0.2) is 32.1 Å². The fraction of sp³-hybridized carbons (Fsp3) is 0.389. The van der Waals surface area contributed by atoms with E-state index in [4.69, 9.17) is 10.8 Å². The van der Waals surface area contributed by atoms with Crippen LogP contribution in [0.3, 0.4) is 0 Å². The Hall–Kier alpha value is -4.04. The van der Waals surface area contributed by atoms with Gasteiger partial charge >= 0.3 is 0 Å². The van der Waals surface area contributed by atoms with E-state index in [9.17, 15) is 0 Å². The maximum atomic E-state index is 9.14. The Morgan fingerprint density at radius 2 is 1.46 bits per heavy atom. The quantitative estimate of drug-likeness (QED) is 0.0778. The number of fused-ring (bicyclic) bond motifs is 2. The van der Waals surface area contributed by atoms with Crippen molar-refractivity contribution in [2.75, 3.05) is 18.0 Å². The first-order valence-electron chi connectivity index (χ1n) is 22.2. The largest absolute Gasteiger partial charge is 0.344 e. The summed E-state index contributed by atoms with van der Waals surface area (Å²) in [6, 6.07) is 26.3. The molecule has 0 aromatic heterocycles. The number of anilines is 1. The van der Waals surface area contributed by atoms with E-state index < -0.39 is 0 Å². The Kier molecular flexibility index (Phi) is 19.0. The highest BCUT2D eigenvalue weighted by Crippen LogP contribution is 2.49. The van der Waals surface area contributed by atoms with Crippen molar-refractivity contribution < 1.29 is 4.58 Å². The van der Waals surface area contributed by atoms with Gasteiger partial charge in [-0.3, -0.25) is 10.8 Å². The summed E-state index contributed by atoms with van der Waals surface area (Å²) in [5.41, 5.74) is 13.9. The predicted molar refractivity (Wildman–Crippen MR) is 277 cm³/mol. The van der Waals surface area contributed by atoms with E-state index in [0.29, 0.717) is 8.75 Å². The first-order valence-corrected chi connectivity index (χ1v) is 24.8. The van der Waals surface area contributed by atoms with Gasteiger partial charge in [0.25, 0.3) is 0 Å². The number of hydrogen-bond acceptors (Lipinski definition) is 6. The van der Waals surface area contributed by atoms with Crippen LogP contribution in [-0.2, 0) is 16.6 Å². The summed E-state index contributed by atoms with van der Waals surface area (Å²) in [5, 5.41) is 17.9. The molecule has 7 heteroatoms. The molecule has 324 valence electrons. The van der Waals surface area contributed by atoms with E-state index in [0.717, 1.165) is 62.9 Å². The first-order chi connectivity index (χ1) is 29.2. The molecule has 3 aliphatic rings. The third-order valence-electron chi connectivity index (χ3n) is 11.4. The number of hydrogen-bond donors (Lipinski definition) is 2. The van der Waals surface area contributed by atoms with Crippen molar-refractivity contribution in [2.24, 2.45) is 0 Å². The Balaban J connectivity index is 0.00000109. The van der Waals surface area contributed by atoms with Crippen LogP contribution in [0.2, 0.25) is 0 Å². The number of rotatable bonds is 13. The second-order valence-electron chi connectivity index (χ2n) is 16.7. The highest BCUT2D eigenvalue weighted by molar-refractivity contribution is 8.54. The second-order valence-corrected chi connectivity index (χ2v) is 20.3. The summed E-state index contributed by atoms with van der Waals surface area (Å²) in [4.78, 5) is 3.70. The number of nitrogens with zero attached hydrogens (tertiary/aromatic N) is 2. The number of nitrogens with one attached hydrogen (secondary N) is 2. The fourth-order valence-corrected chi connectivity index (χ4v) is 10.9. The Labute approximate surface area is 382 Å². The average Bonchev–Trinajstić information content (AvgIpc) is 3.81. The molecule has 0 bridgehead atoms. The Morgan fingerprint density at radius 1 is 0.820 bits per heavy atom. The number of para-hydroxylation sites is 2. The van der Waals surface area contributed by atoms with Gasteiger partial charge in [0.2, 0.25) is 5.69 Å². The monoisotopic (exact) mass is 871 g/mol. The van der Waals surface area contributed by atoms with Crippen molar-refractivity contribution >= 4 is 61.1 Å². The van der Waals surface area contributed by atoms with Gasteiger partial charge in [-0.2, -0.15) is 4.58 Å². The van der Waals surface area contributed by atoms with Gasteiger partial charge in [-0.1, -0.05) is 181 Å². The smallest absolute Gasteiger partial charge is 0.209 e. The minimum Gasteiger partial charge on any atom is -0.344 e. The number of benzene rings is 3. The fourth-order valence-electron chi connectivity index (χ4n) is 7.97. The molecule has 0 spiro atoms. The van der Waals surface area contributed by atoms with Crippen molar-refractivity contribution in [1.82, 2.24) is 0 Å². The van der Waals surface area contributed by atoms with Crippen LogP contribution in [0.25, 0.3) is 0 Å². The van der Waals surface area contributed by atoms with Gasteiger partial charge in [0.15, 0.2) is 5.71 Å². The van der Waals surface area contributed by atoms with Crippen molar-refractivity contribution in [2.45, 2.75) is 124 Å². The van der Waals surface area contributed by atoms with Crippen molar-refractivity contribution in [3.05, 3.63) is 166 Å². The van der Waals surface area contributed by atoms with Crippen molar-refractivity contribution in [1.29, 1.82) is 10.8 Å². The first kappa shape index (κ1) is 49.6. The molecule has 61 heavy (non-hydrogen) atoms. The lowest BCUT2D eigenvalue weighted by Gasteiger charge is -2.27. The number of unbranched alkanes of at least 4 members (excludes halogenated alkanes) is 2. The molecule has 2 aliphatic heterocycles. The molecular formula is C54H71N4S3+. The van der Waals surface area contributed by atoms with Crippen LogP contribution < -0.4 is 4.90 Å². The minimum absolute atomic E-state index is 0.103. The summed E-state index contributed by atoms with van der Waals surface area (Å²) in [6.45, 7) is 31.0. The van der Waals surface area contributed by atoms with E-state index in [2.05, 4.69) is 168 Å².